The number of anilines is 1. The standard InChI is InChI=1S/C18H14Cl2N2O/c1-12(18(23)21-17-7-6-15(19)10-16(17)20)22-9-8-13-4-2-3-5-14(13)11-22/h2-12H,1H3/p+1/t12-/m0/s1. The lowest BCUT2D eigenvalue weighted by atomic mass is 10.1. The summed E-state index contributed by atoms with van der Waals surface area (Å²) in [7, 11) is 0. The van der Waals surface area contributed by atoms with Crippen LogP contribution in [0.2, 0.25) is 10.0 Å². The van der Waals surface area contributed by atoms with E-state index < -0.39 is 0 Å². The molecule has 0 bridgehead atoms. The van der Waals surface area contributed by atoms with Gasteiger partial charge in [0, 0.05) is 23.4 Å². The van der Waals surface area contributed by atoms with Crippen LogP contribution in [0.5, 0.6) is 0 Å². The largest absolute Gasteiger partial charge is 0.319 e. The van der Waals surface area contributed by atoms with E-state index in [-0.39, 0.29) is 11.9 Å². The van der Waals surface area contributed by atoms with Gasteiger partial charge in [-0.1, -0.05) is 41.4 Å². The van der Waals surface area contributed by atoms with E-state index in [1.807, 2.05) is 54.2 Å². The van der Waals surface area contributed by atoms with Crippen LogP contribution in [0.4, 0.5) is 5.69 Å². The normalized spacial score (nSPS) is 12.1. The number of nitrogens with zero attached hydrogens (tertiary/aromatic N) is 1. The highest BCUT2D eigenvalue weighted by Gasteiger charge is 2.22. The maximum Gasteiger partial charge on any atom is 0.293 e. The van der Waals surface area contributed by atoms with Crippen molar-refractivity contribution in [2.24, 2.45) is 0 Å². The van der Waals surface area contributed by atoms with Crippen molar-refractivity contribution >= 4 is 45.6 Å². The predicted octanol–water partition coefficient (Wildman–Crippen LogP) is 4.63. The number of hydrogen-bond donors (Lipinski definition) is 1. The molecule has 3 rings (SSSR count). The molecule has 0 saturated carbocycles. The quantitative estimate of drug-likeness (QED) is 0.689. The van der Waals surface area contributed by atoms with Crippen molar-refractivity contribution in [3.05, 3.63) is 71.0 Å². The molecule has 116 valence electrons. The summed E-state index contributed by atoms with van der Waals surface area (Å²) in [5.41, 5.74) is 0.550. The van der Waals surface area contributed by atoms with Crippen molar-refractivity contribution in [2.45, 2.75) is 13.0 Å². The third-order valence-electron chi connectivity index (χ3n) is 3.73. The van der Waals surface area contributed by atoms with Crippen LogP contribution in [0.3, 0.4) is 0 Å². The third kappa shape index (κ3) is 3.46. The minimum Gasteiger partial charge on any atom is -0.319 e. The van der Waals surface area contributed by atoms with Crippen molar-refractivity contribution in [2.75, 3.05) is 5.32 Å². The number of pyridine rings is 1. The van der Waals surface area contributed by atoms with Crippen molar-refractivity contribution in [3.8, 4) is 0 Å². The number of carbonyl (C=O) groups excluding carboxylic acids is 1. The SMILES string of the molecule is C[C@@H](C(=O)Nc1ccc(Cl)cc1Cl)[n+]1ccc2ccccc2c1. The summed E-state index contributed by atoms with van der Waals surface area (Å²) in [6, 6.07) is 14.6. The molecule has 1 N–H and O–H groups in total. The molecule has 3 nitrogen and oxygen atoms in total. The van der Waals surface area contributed by atoms with Gasteiger partial charge in [0.05, 0.1) is 10.7 Å². The van der Waals surface area contributed by atoms with Gasteiger partial charge in [0.2, 0.25) is 6.04 Å². The summed E-state index contributed by atoms with van der Waals surface area (Å²) in [6.07, 6.45) is 3.86. The van der Waals surface area contributed by atoms with Crippen LogP contribution in [0.1, 0.15) is 13.0 Å². The number of rotatable bonds is 3. The summed E-state index contributed by atoms with van der Waals surface area (Å²) >= 11 is 12.0. The predicted molar refractivity (Wildman–Crippen MR) is 93.9 cm³/mol. The molecule has 0 saturated heterocycles. The highest BCUT2D eigenvalue weighted by molar-refractivity contribution is 6.36. The maximum absolute atomic E-state index is 12.5. The summed E-state index contributed by atoms with van der Waals surface area (Å²) in [6.45, 7) is 1.84. The molecule has 5 heteroatoms. The van der Waals surface area contributed by atoms with Gasteiger partial charge in [0.1, 0.15) is 0 Å². The summed E-state index contributed by atoms with van der Waals surface area (Å²) < 4.78 is 1.88. The smallest absolute Gasteiger partial charge is 0.293 e. The summed E-state index contributed by atoms with van der Waals surface area (Å²) in [5, 5.41) is 6.00. The van der Waals surface area contributed by atoms with E-state index in [1.165, 1.54) is 0 Å². The zero-order valence-corrected chi connectivity index (χ0v) is 14.0. The molecule has 2 aromatic carbocycles. The average Bonchev–Trinajstić information content (AvgIpc) is 2.56. The Kier molecular flexibility index (Phi) is 4.51. The molecule has 0 aliphatic heterocycles. The van der Waals surface area contributed by atoms with E-state index in [4.69, 9.17) is 23.2 Å². The number of amides is 1. The van der Waals surface area contributed by atoms with Gasteiger partial charge < -0.3 is 5.32 Å². The van der Waals surface area contributed by atoms with Crippen LogP contribution in [-0.4, -0.2) is 5.91 Å². The lowest BCUT2D eigenvalue weighted by molar-refractivity contribution is -0.704. The highest BCUT2D eigenvalue weighted by atomic mass is 35.5. The second-order valence-electron chi connectivity index (χ2n) is 5.31. The van der Waals surface area contributed by atoms with E-state index >= 15 is 0 Å². The van der Waals surface area contributed by atoms with Gasteiger partial charge in [-0.3, -0.25) is 4.79 Å². The highest BCUT2D eigenvalue weighted by Crippen LogP contribution is 2.25. The van der Waals surface area contributed by atoms with Crippen molar-refractivity contribution < 1.29 is 9.36 Å². The zero-order chi connectivity index (χ0) is 16.4. The number of hydrogen-bond acceptors (Lipinski definition) is 1. The molecule has 0 aliphatic rings. The van der Waals surface area contributed by atoms with Crippen LogP contribution < -0.4 is 9.88 Å². The Morgan fingerprint density at radius 1 is 1.09 bits per heavy atom. The van der Waals surface area contributed by atoms with Crippen molar-refractivity contribution in [1.82, 2.24) is 0 Å². The Labute approximate surface area is 144 Å². The second kappa shape index (κ2) is 6.57. The van der Waals surface area contributed by atoms with Gasteiger partial charge >= 0.3 is 0 Å². The topological polar surface area (TPSA) is 33.0 Å². The van der Waals surface area contributed by atoms with Crippen LogP contribution >= 0.6 is 23.2 Å². The van der Waals surface area contributed by atoms with Crippen LogP contribution in [0.25, 0.3) is 10.8 Å². The number of carbonyl (C=O) groups is 1. The molecular formula is C18H15Cl2N2O+. The Hall–Kier alpha value is -2.10. The molecule has 23 heavy (non-hydrogen) atoms. The third-order valence-corrected chi connectivity index (χ3v) is 4.27. The number of aromatic nitrogens is 1. The van der Waals surface area contributed by atoms with Gasteiger partial charge in [0.25, 0.3) is 5.91 Å². The van der Waals surface area contributed by atoms with Gasteiger partial charge in [-0.25, -0.2) is 0 Å². The molecule has 0 radical (unpaired) electrons. The first-order valence-electron chi connectivity index (χ1n) is 7.20. The Morgan fingerprint density at radius 3 is 2.57 bits per heavy atom. The molecule has 1 amide bonds. The number of fused-ring (bicyclic) bond motifs is 1. The molecule has 1 atom stereocenters. The molecule has 1 heterocycles. The van der Waals surface area contributed by atoms with Gasteiger partial charge in [0.15, 0.2) is 12.4 Å². The number of benzene rings is 2. The van der Waals surface area contributed by atoms with Gasteiger partial charge in [-0.05, 0) is 29.7 Å². The van der Waals surface area contributed by atoms with Crippen molar-refractivity contribution in [3.63, 3.8) is 0 Å². The van der Waals surface area contributed by atoms with E-state index in [1.54, 1.807) is 18.2 Å². The van der Waals surface area contributed by atoms with Crippen LogP contribution in [0, 0.1) is 0 Å². The fraction of sp³-hybridized carbons (Fsp3) is 0.111. The first kappa shape index (κ1) is 15.8. The van der Waals surface area contributed by atoms with E-state index in [0.717, 1.165) is 10.8 Å². The Morgan fingerprint density at radius 2 is 1.83 bits per heavy atom. The molecule has 0 fully saturated rings. The first-order valence-corrected chi connectivity index (χ1v) is 7.95. The van der Waals surface area contributed by atoms with Gasteiger partial charge in [-0.2, -0.15) is 4.57 Å². The molecule has 1 aromatic heterocycles. The Bertz CT molecular complexity index is 880. The fourth-order valence-corrected chi connectivity index (χ4v) is 2.81. The zero-order valence-electron chi connectivity index (χ0n) is 12.5. The molecule has 0 unspecified atom stereocenters. The fourth-order valence-electron chi connectivity index (χ4n) is 2.35. The minimum absolute atomic E-state index is 0.144. The average molecular weight is 346 g/mol. The lowest BCUT2D eigenvalue weighted by Crippen LogP contribution is -2.44. The van der Waals surface area contributed by atoms with E-state index in [2.05, 4.69) is 5.32 Å². The Balaban J connectivity index is 1.83. The molecular weight excluding hydrogens is 331 g/mol. The maximum atomic E-state index is 12.5. The first-order chi connectivity index (χ1) is 11.0. The van der Waals surface area contributed by atoms with Crippen LogP contribution in [0.15, 0.2) is 60.9 Å². The molecule has 0 spiro atoms. The summed E-state index contributed by atoms with van der Waals surface area (Å²) in [5.74, 6) is -0.144. The van der Waals surface area contributed by atoms with Crippen LogP contribution in [-0.2, 0) is 4.79 Å². The monoisotopic (exact) mass is 345 g/mol. The minimum atomic E-state index is -0.369. The molecule has 0 aliphatic carbocycles. The lowest BCUT2D eigenvalue weighted by Gasteiger charge is -2.10. The van der Waals surface area contributed by atoms with Gasteiger partial charge in [-0.15, -0.1) is 0 Å². The van der Waals surface area contributed by atoms with Crippen molar-refractivity contribution in [1.29, 1.82) is 0 Å². The number of halogens is 2. The summed E-state index contributed by atoms with van der Waals surface area (Å²) in [4.78, 5) is 12.5. The van der Waals surface area contributed by atoms with E-state index in [9.17, 15) is 4.79 Å². The number of nitrogens with one attached hydrogen (secondary N) is 1. The second-order valence-corrected chi connectivity index (χ2v) is 6.15. The molecule has 3 aromatic rings. The van der Waals surface area contributed by atoms with E-state index in [0.29, 0.717) is 15.7 Å².